The van der Waals surface area contributed by atoms with Crippen molar-refractivity contribution in [1.82, 2.24) is 14.9 Å². The molecule has 0 saturated heterocycles. The fraction of sp³-hybridized carbons (Fsp3) is 0.533. The minimum Gasteiger partial charge on any atom is -0.444 e. The van der Waals surface area contributed by atoms with Crippen LogP contribution in [0.2, 0.25) is 0 Å². The highest BCUT2D eigenvalue weighted by Crippen LogP contribution is 2.24. The van der Waals surface area contributed by atoms with E-state index >= 15 is 0 Å². The predicted octanol–water partition coefficient (Wildman–Crippen LogP) is 1.97. The first-order valence-electron chi connectivity index (χ1n) is 6.99. The van der Waals surface area contributed by atoms with E-state index in [1.165, 1.54) is 14.2 Å². The summed E-state index contributed by atoms with van der Waals surface area (Å²) in [5.74, 6) is -0.332. The Morgan fingerprint density at radius 1 is 1.27 bits per heavy atom. The van der Waals surface area contributed by atoms with E-state index in [0.29, 0.717) is 13.1 Å². The van der Waals surface area contributed by atoms with E-state index < -0.39 is 5.60 Å². The SMILES string of the molecule is CON(C)C(=O)c1cc2c(cn1)CN(C(=O)OC(C)(C)C)C2. The molecular weight excluding hydrogens is 286 g/mol. The third-order valence-electron chi connectivity index (χ3n) is 3.24. The third kappa shape index (κ3) is 3.54. The third-order valence-corrected chi connectivity index (χ3v) is 3.24. The van der Waals surface area contributed by atoms with Crippen LogP contribution in [0.25, 0.3) is 0 Å². The maximum absolute atomic E-state index is 12.1. The van der Waals surface area contributed by atoms with Crippen LogP contribution < -0.4 is 0 Å². The summed E-state index contributed by atoms with van der Waals surface area (Å²) in [6.07, 6.45) is 1.25. The van der Waals surface area contributed by atoms with Gasteiger partial charge in [-0.3, -0.25) is 19.5 Å². The lowest BCUT2D eigenvalue weighted by molar-refractivity contribution is -0.0760. The van der Waals surface area contributed by atoms with Gasteiger partial charge in [-0.15, -0.1) is 0 Å². The van der Waals surface area contributed by atoms with Gasteiger partial charge in [0.1, 0.15) is 11.3 Å². The molecule has 0 aliphatic carbocycles. The number of hydrogen-bond donors (Lipinski definition) is 0. The summed E-state index contributed by atoms with van der Waals surface area (Å²) in [6, 6.07) is 1.69. The first kappa shape index (κ1) is 16.2. The Kier molecular flexibility index (Phi) is 4.37. The molecule has 7 nitrogen and oxygen atoms in total. The normalized spacial score (nSPS) is 13.8. The average molecular weight is 307 g/mol. The van der Waals surface area contributed by atoms with Crippen molar-refractivity contribution in [2.45, 2.75) is 39.5 Å². The predicted molar refractivity (Wildman–Crippen MR) is 78.8 cm³/mol. The smallest absolute Gasteiger partial charge is 0.410 e. The van der Waals surface area contributed by atoms with Gasteiger partial charge in [0, 0.05) is 19.8 Å². The maximum Gasteiger partial charge on any atom is 0.410 e. The van der Waals surface area contributed by atoms with Crippen LogP contribution in [0.4, 0.5) is 4.79 Å². The van der Waals surface area contributed by atoms with Gasteiger partial charge in [0.2, 0.25) is 0 Å². The fourth-order valence-corrected chi connectivity index (χ4v) is 2.10. The monoisotopic (exact) mass is 307 g/mol. The van der Waals surface area contributed by atoms with Crippen molar-refractivity contribution in [3.8, 4) is 0 Å². The second-order valence-electron chi connectivity index (χ2n) is 6.16. The van der Waals surface area contributed by atoms with Crippen LogP contribution in [-0.4, -0.2) is 46.7 Å². The summed E-state index contributed by atoms with van der Waals surface area (Å²) in [7, 11) is 2.93. The first-order valence-corrected chi connectivity index (χ1v) is 6.99. The highest BCUT2D eigenvalue weighted by Gasteiger charge is 2.29. The van der Waals surface area contributed by atoms with Gasteiger partial charge < -0.3 is 4.74 Å². The summed E-state index contributed by atoms with van der Waals surface area (Å²) < 4.78 is 5.36. The quantitative estimate of drug-likeness (QED) is 0.781. The highest BCUT2D eigenvalue weighted by molar-refractivity contribution is 5.91. The van der Waals surface area contributed by atoms with E-state index in [4.69, 9.17) is 9.57 Å². The molecule has 7 heteroatoms. The molecule has 1 aromatic heterocycles. The van der Waals surface area contributed by atoms with Crippen molar-refractivity contribution in [3.63, 3.8) is 0 Å². The molecule has 0 aromatic carbocycles. The van der Waals surface area contributed by atoms with Crippen LogP contribution in [0.15, 0.2) is 12.3 Å². The molecule has 1 aliphatic heterocycles. The molecule has 0 fully saturated rings. The zero-order valence-electron chi connectivity index (χ0n) is 13.5. The number of nitrogens with zero attached hydrogens (tertiary/aromatic N) is 3. The second-order valence-corrected chi connectivity index (χ2v) is 6.16. The van der Waals surface area contributed by atoms with Crippen LogP contribution in [0.5, 0.6) is 0 Å². The summed E-state index contributed by atoms with van der Waals surface area (Å²) in [4.78, 5) is 34.7. The zero-order valence-corrected chi connectivity index (χ0v) is 13.5. The van der Waals surface area contributed by atoms with E-state index in [-0.39, 0.29) is 17.7 Å². The Labute approximate surface area is 129 Å². The van der Waals surface area contributed by atoms with E-state index in [9.17, 15) is 9.59 Å². The van der Waals surface area contributed by atoms with Crippen LogP contribution in [-0.2, 0) is 22.7 Å². The molecular formula is C15H21N3O4. The number of hydroxylamine groups is 2. The number of amides is 2. The molecule has 2 heterocycles. The van der Waals surface area contributed by atoms with Gasteiger partial charge in [-0.25, -0.2) is 9.86 Å². The van der Waals surface area contributed by atoms with Gasteiger partial charge in [-0.1, -0.05) is 0 Å². The molecule has 1 aromatic rings. The van der Waals surface area contributed by atoms with E-state index in [0.717, 1.165) is 16.2 Å². The number of hydrogen-bond acceptors (Lipinski definition) is 5. The van der Waals surface area contributed by atoms with Crippen molar-refractivity contribution in [1.29, 1.82) is 0 Å². The molecule has 0 unspecified atom stereocenters. The van der Waals surface area contributed by atoms with Gasteiger partial charge in [0.05, 0.1) is 13.7 Å². The Morgan fingerprint density at radius 3 is 2.50 bits per heavy atom. The fourth-order valence-electron chi connectivity index (χ4n) is 2.10. The maximum atomic E-state index is 12.1. The van der Waals surface area contributed by atoms with Crippen molar-refractivity contribution in [2.24, 2.45) is 0 Å². The molecule has 0 bridgehead atoms. The van der Waals surface area contributed by atoms with Crippen LogP contribution >= 0.6 is 0 Å². The summed E-state index contributed by atoms with van der Waals surface area (Å²) in [5, 5.41) is 1.11. The lowest BCUT2D eigenvalue weighted by atomic mass is 10.1. The number of ether oxygens (including phenoxy) is 1. The molecule has 120 valence electrons. The van der Waals surface area contributed by atoms with Gasteiger partial charge in [0.25, 0.3) is 5.91 Å². The van der Waals surface area contributed by atoms with E-state index in [1.54, 1.807) is 17.2 Å². The Hall–Kier alpha value is -2.15. The van der Waals surface area contributed by atoms with Crippen LogP contribution in [0, 0.1) is 0 Å². The molecule has 0 spiro atoms. The summed E-state index contributed by atoms with van der Waals surface area (Å²) in [6.45, 7) is 6.32. The number of aromatic nitrogens is 1. The van der Waals surface area contributed by atoms with E-state index in [2.05, 4.69) is 4.98 Å². The molecule has 2 rings (SSSR count). The Balaban J connectivity index is 2.12. The number of carbonyl (C=O) groups excluding carboxylic acids is 2. The van der Waals surface area contributed by atoms with E-state index in [1.807, 2.05) is 20.8 Å². The Morgan fingerprint density at radius 2 is 1.91 bits per heavy atom. The largest absolute Gasteiger partial charge is 0.444 e. The van der Waals surface area contributed by atoms with Crippen molar-refractivity contribution in [2.75, 3.05) is 14.2 Å². The van der Waals surface area contributed by atoms with Gasteiger partial charge in [-0.05, 0) is 38.0 Å². The topological polar surface area (TPSA) is 72.0 Å². The molecule has 0 radical (unpaired) electrons. The standard InChI is InChI=1S/C15H21N3O4/c1-15(2,3)22-14(20)18-8-10-6-12(13(19)17(4)21-5)16-7-11(10)9-18/h6-7H,8-9H2,1-5H3. The molecule has 1 aliphatic rings. The Bertz CT molecular complexity index is 595. The lowest BCUT2D eigenvalue weighted by Gasteiger charge is -2.24. The zero-order chi connectivity index (χ0) is 16.5. The van der Waals surface area contributed by atoms with Gasteiger partial charge in [0.15, 0.2) is 0 Å². The number of rotatable bonds is 2. The lowest BCUT2D eigenvalue weighted by Crippen LogP contribution is -2.33. The molecule has 2 amide bonds. The molecule has 0 atom stereocenters. The van der Waals surface area contributed by atoms with Crippen molar-refractivity contribution in [3.05, 3.63) is 29.1 Å². The number of fused-ring (bicyclic) bond motifs is 1. The minimum atomic E-state index is -0.535. The average Bonchev–Trinajstić information content (AvgIpc) is 2.86. The van der Waals surface area contributed by atoms with Gasteiger partial charge >= 0.3 is 6.09 Å². The van der Waals surface area contributed by atoms with Crippen molar-refractivity contribution >= 4 is 12.0 Å². The van der Waals surface area contributed by atoms with Gasteiger partial charge in [-0.2, -0.15) is 0 Å². The van der Waals surface area contributed by atoms with Crippen molar-refractivity contribution < 1.29 is 19.2 Å². The minimum absolute atomic E-state index is 0.286. The molecule has 22 heavy (non-hydrogen) atoms. The summed E-state index contributed by atoms with van der Waals surface area (Å²) in [5.41, 5.74) is 1.57. The molecule has 0 saturated carbocycles. The highest BCUT2D eigenvalue weighted by atomic mass is 16.7. The van der Waals surface area contributed by atoms with Crippen LogP contribution in [0.3, 0.4) is 0 Å². The number of carbonyl (C=O) groups is 2. The first-order chi connectivity index (χ1) is 10.2. The summed E-state index contributed by atoms with van der Waals surface area (Å²) >= 11 is 0. The van der Waals surface area contributed by atoms with Crippen LogP contribution in [0.1, 0.15) is 42.4 Å². The number of pyridine rings is 1. The molecule has 0 N–H and O–H groups in total. The second kappa shape index (κ2) is 5.92.